The highest BCUT2D eigenvalue weighted by Gasteiger charge is 2.32. The number of likely N-dealkylation sites (N-methyl/N-ethyl adjacent to an activating group) is 1. The summed E-state index contributed by atoms with van der Waals surface area (Å²) in [7, 11) is 2.11. The number of carbonyl (C=O) groups is 1. The van der Waals surface area contributed by atoms with Crippen LogP contribution in [0, 0.1) is 0 Å². The van der Waals surface area contributed by atoms with Gasteiger partial charge in [-0.2, -0.15) is 0 Å². The summed E-state index contributed by atoms with van der Waals surface area (Å²) in [6.45, 7) is 4.96. The number of hydrogen-bond donors (Lipinski definition) is 1. The van der Waals surface area contributed by atoms with Gasteiger partial charge in [-0.1, -0.05) is 30.3 Å². The molecule has 0 spiro atoms. The van der Waals surface area contributed by atoms with Crippen LogP contribution in [0.3, 0.4) is 0 Å². The first kappa shape index (κ1) is 13.1. The second-order valence-corrected chi connectivity index (χ2v) is 5.06. The van der Waals surface area contributed by atoms with Crippen LogP contribution < -0.4 is 5.73 Å². The molecule has 0 saturated carbocycles. The average Bonchev–Trinajstić information content (AvgIpc) is 2.33. The van der Waals surface area contributed by atoms with Crippen LogP contribution in [0.1, 0.15) is 18.5 Å². The van der Waals surface area contributed by atoms with Crippen LogP contribution >= 0.6 is 0 Å². The third-order valence-electron chi connectivity index (χ3n) is 3.60. The van der Waals surface area contributed by atoms with Crippen molar-refractivity contribution in [2.45, 2.75) is 19.0 Å². The fourth-order valence-electron chi connectivity index (χ4n) is 2.69. The Morgan fingerprint density at radius 3 is 2.56 bits per heavy atom. The molecule has 0 aliphatic carbocycles. The lowest BCUT2D eigenvalue weighted by atomic mass is 10.0. The number of hydrogen-bond acceptors (Lipinski definition) is 3. The van der Waals surface area contributed by atoms with Crippen molar-refractivity contribution in [1.82, 2.24) is 9.80 Å². The van der Waals surface area contributed by atoms with Crippen LogP contribution in [0.15, 0.2) is 30.3 Å². The molecule has 1 aromatic rings. The zero-order chi connectivity index (χ0) is 13.1. The molecule has 1 aliphatic rings. The molecule has 18 heavy (non-hydrogen) atoms. The number of amides is 1. The van der Waals surface area contributed by atoms with Crippen molar-refractivity contribution in [2.75, 3.05) is 26.7 Å². The molecule has 1 fully saturated rings. The topological polar surface area (TPSA) is 49.6 Å². The lowest BCUT2D eigenvalue weighted by Crippen LogP contribution is -2.54. The van der Waals surface area contributed by atoms with Crippen molar-refractivity contribution in [1.29, 1.82) is 0 Å². The standard InChI is InChI=1S/C14H21N3O/c1-11-10-16(2)8-9-17(11)13(14(15)18)12-6-4-3-5-7-12/h3-7,11,13H,8-10H2,1-2H3,(H2,15,18). The molecule has 4 nitrogen and oxygen atoms in total. The third-order valence-corrected chi connectivity index (χ3v) is 3.60. The zero-order valence-corrected chi connectivity index (χ0v) is 11.0. The first-order valence-corrected chi connectivity index (χ1v) is 6.38. The van der Waals surface area contributed by atoms with Crippen molar-refractivity contribution < 1.29 is 4.79 Å². The maximum absolute atomic E-state index is 11.8. The van der Waals surface area contributed by atoms with Crippen molar-refractivity contribution >= 4 is 5.91 Å². The number of carbonyl (C=O) groups excluding carboxylic acids is 1. The van der Waals surface area contributed by atoms with Gasteiger partial charge in [0.05, 0.1) is 0 Å². The minimum atomic E-state index is -0.310. The SMILES string of the molecule is CC1CN(C)CCN1C(C(N)=O)c1ccccc1. The van der Waals surface area contributed by atoms with E-state index in [1.807, 2.05) is 30.3 Å². The summed E-state index contributed by atoms with van der Waals surface area (Å²) in [5.74, 6) is -0.266. The van der Waals surface area contributed by atoms with Gasteiger partial charge in [-0.25, -0.2) is 0 Å². The number of benzene rings is 1. The molecule has 0 aromatic heterocycles. The van der Waals surface area contributed by atoms with Gasteiger partial charge >= 0.3 is 0 Å². The van der Waals surface area contributed by atoms with Crippen LogP contribution in [-0.4, -0.2) is 48.4 Å². The smallest absolute Gasteiger partial charge is 0.239 e. The van der Waals surface area contributed by atoms with Crippen LogP contribution in [0.5, 0.6) is 0 Å². The summed E-state index contributed by atoms with van der Waals surface area (Å²) >= 11 is 0. The maximum atomic E-state index is 11.8. The van der Waals surface area contributed by atoms with Crippen molar-refractivity contribution in [2.24, 2.45) is 5.73 Å². The highest BCUT2D eigenvalue weighted by Crippen LogP contribution is 2.24. The Labute approximate surface area is 108 Å². The minimum Gasteiger partial charge on any atom is -0.368 e. The van der Waals surface area contributed by atoms with Crippen molar-refractivity contribution in [3.63, 3.8) is 0 Å². The van der Waals surface area contributed by atoms with E-state index in [0.717, 1.165) is 25.2 Å². The Kier molecular flexibility index (Phi) is 3.99. The minimum absolute atomic E-state index is 0.266. The molecule has 2 N–H and O–H groups in total. The fraction of sp³-hybridized carbons (Fsp3) is 0.500. The van der Waals surface area contributed by atoms with E-state index in [2.05, 4.69) is 23.8 Å². The summed E-state index contributed by atoms with van der Waals surface area (Å²) in [6, 6.07) is 9.82. The van der Waals surface area contributed by atoms with Crippen LogP contribution in [0.25, 0.3) is 0 Å². The molecular weight excluding hydrogens is 226 g/mol. The molecule has 1 aliphatic heterocycles. The van der Waals surface area contributed by atoms with E-state index in [4.69, 9.17) is 5.73 Å². The van der Waals surface area contributed by atoms with Gasteiger partial charge in [0.25, 0.3) is 0 Å². The van der Waals surface area contributed by atoms with Gasteiger partial charge in [0.2, 0.25) is 5.91 Å². The second-order valence-electron chi connectivity index (χ2n) is 5.06. The predicted molar refractivity (Wildman–Crippen MR) is 72.0 cm³/mol. The highest BCUT2D eigenvalue weighted by atomic mass is 16.1. The predicted octanol–water partition coefficient (Wildman–Crippen LogP) is 0.849. The first-order valence-electron chi connectivity index (χ1n) is 6.38. The van der Waals surface area contributed by atoms with Gasteiger partial charge in [0.15, 0.2) is 0 Å². The molecule has 2 rings (SSSR count). The number of piperazine rings is 1. The Balaban J connectivity index is 2.23. The summed E-state index contributed by atoms with van der Waals surface area (Å²) in [6.07, 6.45) is 0. The monoisotopic (exact) mass is 247 g/mol. The van der Waals surface area contributed by atoms with Gasteiger partial charge < -0.3 is 10.6 Å². The summed E-state index contributed by atoms with van der Waals surface area (Å²) < 4.78 is 0. The summed E-state index contributed by atoms with van der Waals surface area (Å²) in [5.41, 5.74) is 6.59. The molecule has 0 radical (unpaired) electrons. The van der Waals surface area contributed by atoms with Crippen molar-refractivity contribution in [3.8, 4) is 0 Å². The largest absolute Gasteiger partial charge is 0.368 e. The second kappa shape index (κ2) is 5.50. The average molecular weight is 247 g/mol. The van der Waals surface area contributed by atoms with Gasteiger partial charge in [-0.3, -0.25) is 9.69 Å². The molecule has 0 bridgehead atoms. The van der Waals surface area contributed by atoms with Gasteiger partial charge in [0, 0.05) is 25.7 Å². The normalized spacial score (nSPS) is 23.8. The van der Waals surface area contributed by atoms with E-state index in [-0.39, 0.29) is 11.9 Å². The third kappa shape index (κ3) is 2.71. The lowest BCUT2D eigenvalue weighted by molar-refractivity contribution is -0.125. The molecule has 2 atom stereocenters. The van der Waals surface area contributed by atoms with E-state index < -0.39 is 0 Å². The fourth-order valence-corrected chi connectivity index (χ4v) is 2.69. The Morgan fingerprint density at radius 2 is 2.00 bits per heavy atom. The van der Waals surface area contributed by atoms with Crippen LogP contribution in [0.2, 0.25) is 0 Å². The van der Waals surface area contributed by atoms with Crippen LogP contribution in [-0.2, 0) is 4.79 Å². The number of nitrogens with two attached hydrogens (primary N) is 1. The number of nitrogens with zero attached hydrogens (tertiary/aromatic N) is 2. The molecule has 2 unspecified atom stereocenters. The lowest BCUT2D eigenvalue weighted by Gasteiger charge is -2.41. The number of rotatable bonds is 3. The molecule has 4 heteroatoms. The van der Waals surface area contributed by atoms with Crippen LogP contribution in [0.4, 0.5) is 0 Å². The molecular formula is C14H21N3O. The summed E-state index contributed by atoms with van der Waals surface area (Å²) in [5, 5.41) is 0. The Hall–Kier alpha value is -1.39. The van der Waals surface area contributed by atoms with Crippen molar-refractivity contribution in [3.05, 3.63) is 35.9 Å². The highest BCUT2D eigenvalue weighted by molar-refractivity contribution is 5.81. The molecule has 1 aromatic carbocycles. The molecule has 1 amide bonds. The summed E-state index contributed by atoms with van der Waals surface area (Å²) in [4.78, 5) is 16.3. The quantitative estimate of drug-likeness (QED) is 0.861. The number of primary amides is 1. The maximum Gasteiger partial charge on any atom is 0.239 e. The first-order chi connectivity index (χ1) is 8.59. The molecule has 1 heterocycles. The van der Waals surface area contributed by atoms with E-state index in [9.17, 15) is 4.79 Å². The zero-order valence-electron chi connectivity index (χ0n) is 11.0. The Bertz CT molecular complexity index is 407. The van der Waals surface area contributed by atoms with Gasteiger partial charge in [0.1, 0.15) is 6.04 Å². The van der Waals surface area contributed by atoms with E-state index in [1.165, 1.54) is 0 Å². The molecule has 1 saturated heterocycles. The van der Waals surface area contributed by atoms with Gasteiger partial charge in [-0.05, 0) is 19.5 Å². The van der Waals surface area contributed by atoms with E-state index in [0.29, 0.717) is 6.04 Å². The van der Waals surface area contributed by atoms with Gasteiger partial charge in [-0.15, -0.1) is 0 Å². The molecule has 98 valence electrons. The van der Waals surface area contributed by atoms with E-state index in [1.54, 1.807) is 0 Å². The Morgan fingerprint density at radius 1 is 1.33 bits per heavy atom. The van der Waals surface area contributed by atoms with E-state index >= 15 is 0 Å².